The second kappa shape index (κ2) is 10.4. The van der Waals surface area contributed by atoms with Gasteiger partial charge in [-0.05, 0) is 85.4 Å². The largest absolute Gasteiger partial charge is 0.349 e. The van der Waals surface area contributed by atoms with Gasteiger partial charge in [0.05, 0.1) is 0 Å². The van der Waals surface area contributed by atoms with Crippen LogP contribution in [-0.4, -0.2) is 58.9 Å². The summed E-state index contributed by atoms with van der Waals surface area (Å²) < 4.78 is 0. The molecular weight excluding hydrogens is 464 g/mol. The zero-order valence-electron chi connectivity index (χ0n) is 20.2. The van der Waals surface area contributed by atoms with E-state index >= 15 is 0 Å². The van der Waals surface area contributed by atoms with Crippen LogP contribution in [0, 0.1) is 19.3 Å². The zero-order chi connectivity index (χ0) is 24.3. The van der Waals surface area contributed by atoms with Crippen LogP contribution in [0.5, 0.6) is 0 Å². The summed E-state index contributed by atoms with van der Waals surface area (Å²) in [6.07, 6.45) is 3.59. The first-order chi connectivity index (χ1) is 16.2. The highest BCUT2D eigenvalue weighted by atomic mass is 32.1. The first kappa shape index (κ1) is 24.7. The summed E-state index contributed by atoms with van der Waals surface area (Å²) in [7, 11) is 0. The minimum atomic E-state index is -0.499. The number of carbonyl (C=O) groups is 2. The van der Waals surface area contributed by atoms with Gasteiger partial charge < -0.3 is 20.4 Å². The average molecular weight is 499 g/mol. The molecule has 2 fully saturated rings. The first-order valence-corrected chi connectivity index (χ1v) is 13.2. The molecule has 34 heavy (non-hydrogen) atoms. The van der Waals surface area contributed by atoms with Crippen molar-refractivity contribution < 1.29 is 9.59 Å². The van der Waals surface area contributed by atoms with E-state index in [-0.39, 0.29) is 17.2 Å². The average Bonchev–Trinajstić information content (AvgIpc) is 3.43. The molecule has 6 nitrogen and oxygen atoms in total. The lowest BCUT2D eigenvalue weighted by molar-refractivity contribution is -0.135. The number of rotatable bonds is 5. The van der Waals surface area contributed by atoms with Crippen LogP contribution in [0.3, 0.4) is 0 Å². The van der Waals surface area contributed by atoms with Gasteiger partial charge >= 0.3 is 0 Å². The van der Waals surface area contributed by atoms with Crippen molar-refractivity contribution >= 4 is 46.2 Å². The molecule has 1 spiro atoms. The van der Waals surface area contributed by atoms with Gasteiger partial charge in [0.1, 0.15) is 6.04 Å². The van der Waals surface area contributed by atoms with E-state index in [9.17, 15) is 9.59 Å². The summed E-state index contributed by atoms with van der Waals surface area (Å²) in [5.41, 5.74) is 3.62. The molecule has 0 saturated carbocycles. The van der Waals surface area contributed by atoms with Gasteiger partial charge in [-0.1, -0.05) is 12.1 Å². The Labute approximate surface area is 211 Å². The van der Waals surface area contributed by atoms with Crippen molar-refractivity contribution in [3.05, 3.63) is 51.7 Å². The molecule has 0 bridgehead atoms. The van der Waals surface area contributed by atoms with Gasteiger partial charge in [0, 0.05) is 50.1 Å². The summed E-state index contributed by atoms with van der Waals surface area (Å²) in [6, 6.07) is 9.89. The Hall–Kier alpha value is -2.45. The topological polar surface area (TPSA) is 64.7 Å². The van der Waals surface area contributed by atoms with Crippen LogP contribution >= 0.6 is 23.6 Å². The van der Waals surface area contributed by atoms with Crippen LogP contribution < -0.4 is 10.6 Å². The van der Waals surface area contributed by atoms with Gasteiger partial charge in [-0.2, -0.15) is 0 Å². The maximum absolute atomic E-state index is 13.3. The highest BCUT2D eigenvalue weighted by molar-refractivity contribution is 7.80. The fourth-order valence-electron chi connectivity index (χ4n) is 5.26. The fourth-order valence-corrected chi connectivity index (χ4v) is 6.31. The fraction of sp³-hybridized carbons (Fsp3) is 0.500. The smallest absolute Gasteiger partial charge is 0.245 e. The molecule has 1 atom stereocenters. The van der Waals surface area contributed by atoms with Gasteiger partial charge in [-0.3, -0.25) is 9.59 Å². The van der Waals surface area contributed by atoms with Crippen molar-refractivity contribution in [3.8, 4) is 0 Å². The standard InChI is InChI=1S/C26H34N4O2S2/c1-18-13-19(2)15-21(14-18)28-25(33)29-9-6-26(7-10-29)8-11-30(17-26)24(32)23(27-20(3)31)16-22-5-4-12-34-22/h4-5,12-15,23H,6-11,16-17H2,1-3H3,(H,27,31)(H,28,33). The molecule has 0 aliphatic carbocycles. The van der Waals surface area contributed by atoms with E-state index in [1.54, 1.807) is 11.3 Å². The number of hydrogen-bond acceptors (Lipinski definition) is 4. The molecule has 3 heterocycles. The Kier molecular flexibility index (Phi) is 7.57. The lowest BCUT2D eigenvalue weighted by Gasteiger charge is -2.40. The lowest BCUT2D eigenvalue weighted by atomic mass is 9.78. The lowest BCUT2D eigenvalue weighted by Crippen LogP contribution is -2.50. The summed E-state index contributed by atoms with van der Waals surface area (Å²) in [5.74, 6) is -0.128. The number of anilines is 1. The summed E-state index contributed by atoms with van der Waals surface area (Å²) in [4.78, 5) is 30.4. The van der Waals surface area contributed by atoms with Gasteiger partial charge in [-0.25, -0.2) is 0 Å². The number of amides is 2. The number of benzene rings is 1. The Morgan fingerprint density at radius 3 is 2.32 bits per heavy atom. The van der Waals surface area contributed by atoms with E-state index in [0.29, 0.717) is 6.42 Å². The number of nitrogens with zero attached hydrogens (tertiary/aromatic N) is 2. The van der Waals surface area contributed by atoms with Crippen LogP contribution in [0.15, 0.2) is 35.7 Å². The van der Waals surface area contributed by atoms with Gasteiger partial charge in [0.15, 0.2) is 5.11 Å². The van der Waals surface area contributed by atoms with Gasteiger partial charge in [0.2, 0.25) is 11.8 Å². The number of hydrogen-bond donors (Lipinski definition) is 2. The van der Waals surface area contributed by atoms with Crippen LogP contribution in [0.25, 0.3) is 0 Å². The second-order valence-corrected chi connectivity index (χ2v) is 11.3. The predicted octanol–water partition coefficient (Wildman–Crippen LogP) is 4.12. The molecule has 1 aromatic carbocycles. The summed E-state index contributed by atoms with van der Waals surface area (Å²) in [5, 5.41) is 9.06. The Balaban J connectivity index is 1.33. The molecule has 0 radical (unpaired) electrons. The number of carbonyl (C=O) groups excluding carboxylic acids is 2. The molecule has 2 amide bonds. The second-order valence-electron chi connectivity index (χ2n) is 9.84. The number of thiocarbonyl (C=S) groups is 1. The predicted molar refractivity (Wildman–Crippen MR) is 142 cm³/mol. The minimum Gasteiger partial charge on any atom is -0.349 e. The molecule has 182 valence electrons. The highest BCUT2D eigenvalue weighted by Crippen LogP contribution is 2.40. The molecule has 2 aromatic rings. The number of thiophene rings is 1. The summed E-state index contributed by atoms with van der Waals surface area (Å²) >= 11 is 7.33. The molecule has 2 N–H and O–H groups in total. The first-order valence-electron chi connectivity index (χ1n) is 12.0. The van der Waals surface area contributed by atoms with Crippen LogP contribution in [0.2, 0.25) is 0 Å². The maximum Gasteiger partial charge on any atom is 0.245 e. The third-order valence-corrected chi connectivity index (χ3v) is 8.25. The molecule has 1 unspecified atom stereocenters. The Morgan fingerprint density at radius 2 is 1.74 bits per heavy atom. The van der Waals surface area contributed by atoms with E-state index in [1.807, 2.05) is 22.4 Å². The molecule has 1 aromatic heterocycles. The number of likely N-dealkylation sites (tertiary alicyclic amines) is 2. The molecule has 8 heteroatoms. The van der Waals surface area contributed by atoms with E-state index in [2.05, 4.69) is 47.6 Å². The number of aryl methyl sites for hydroxylation is 2. The van der Waals surface area contributed by atoms with Gasteiger partial charge in [-0.15, -0.1) is 11.3 Å². The van der Waals surface area contributed by atoms with E-state index in [1.165, 1.54) is 18.1 Å². The Morgan fingerprint density at radius 1 is 1.09 bits per heavy atom. The third-order valence-electron chi connectivity index (χ3n) is 7.00. The third kappa shape index (κ3) is 5.96. The van der Waals surface area contributed by atoms with Crippen LogP contribution in [-0.2, 0) is 16.0 Å². The van der Waals surface area contributed by atoms with Crippen molar-refractivity contribution in [1.29, 1.82) is 0 Å². The number of piperidine rings is 1. The van der Waals surface area contributed by atoms with E-state index in [4.69, 9.17) is 12.2 Å². The quantitative estimate of drug-likeness (QED) is 0.607. The zero-order valence-corrected chi connectivity index (χ0v) is 21.9. The van der Waals surface area contributed by atoms with Crippen molar-refractivity contribution in [2.24, 2.45) is 5.41 Å². The Bertz CT molecular complexity index is 1020. The van der Waals surface area contributed by atoms with Crippen LogP contribution in [0.1, 0.15) is 42.2 Å². The monoisotopic (exact) mass is 498 g/mol. The van der Waals surface area contributed by atoms with Crippen molar-refractivity contribution in [3.63, 3.8) is 0 Å². The highest BCUT2D eigenvalue weighted by Gasteiger charge is 2.43. The normalized spacial score (nSPS) is 18.1. The minimum absolute atomic E-state index is 0.0370. The van der Waals surface area contributed by atoms with E-state index in [0.717, 1.165) is 61.1 Å². The van der Waals surface area contributed by atoms with Crippen molar-refractivity contribution in [2.45, 2.75) is 52.5 Å². The van der Waals surface area contributed by atoms with Crippen LogP contribution in [0.4, 0.5) is 5.69 Å². The molecular formula is C26H34N4O2S2. The molecule has 4 rings (SSSR count). The molecule has 2 aliphatic heterocycles. The van der Waals surface area contributed by atoms with Crippen molar-refractivity contribution in [2.75, 3.05) is 31.5 Å². The molecule has 2 saturated heterocycles. The van der Waals surface area contributed by atoms with E-state index < -0.39 is 6.04 Å². The SMILES string of the molecule is CC(=O)NC(Cc1cccs1)C(=O)N1CCC2(CCN(C(=S)Nc3cc(C)cc(C)c3)CC2)C1. The van der Waals surface area contributed by atoms with Gasteiger partial charge in [0.25, 0.3) is 0 Å². The molecule has 2 aliphatic rings. The maximum atomic E-state index is 13.3. The summed E-state index contributed by atoms with van der Waals surface area (Å²) in [6.45, 7) is 8.96. The number of nitrogens with one attached hydrogen (secondary N) is 2. The van der Waals surface area contributed by atoms with Crippen molar-refractivity contribution in [1.82, 2.24) is 15.1 Å².